The van der Waals surface area contributed by atoms with E-state index in [1.807, 2.05) is 0 Å². The van der Waals surface area contributed by atoms with Gasteiger partial charge in [-0.2, -0.15) is 0 Å². The van der Waals surface area contributed by atoms with Crippen molar-refractivity contribution >= 4 is 39.2 Å². The molecule has 0 bridgehead atoms. The summed E-state index contributed by atoms with van der Waals surface area (Å²) in [6.07, 6.45) is 14.5. The average Bonchev–Trinajstić information content (AvgIpc) is 3.13. The van der Waals surface area contributed by atoms with Crippen LogP contribution in [0.15, 0.2) is 199 Å². The average molecular weight is 591 g/mol. The molecule has 0 aliphatic heterocycles. The number of rotatable bonds is 7. The molecule has 1 atom stereocenters. The van der Waals surface area contributed by atoms with E-state index >= 15 is 0 Å². The van der Waals surface area contributed by atoms with Gasteiger partial charge in [0, 0.05) is 40.1 Å². The summed E-state index contributed by atoms with van der Waals surface area (Å²) >= 11 is 0. The molecule has 0 fully saturated rings. The Kier molecular flexibility index (Phi) is 7.38. The lowest BCUT2D eigenvalue weighted by Gasteiger charge is -2.30. The molecule has 2 aliphatic carbocycles. The molecule has 6 aromatic carbocycles. The summed E-state index contributed by atoms with van der Waals surface area (Å²) in [7, 11) is 0. The van der Waals surface area contributed by atoms with Crippen molar-refractivity contribution in [1.82, 2.24) is 0 Å². The summed E-state index contributed by atoms with van der Waals surface area (Å²) in [5.41, 5.74) is 10.7. The first-order valence-electron chi connectivity index (χ1n) is 16.0. The lowest BCUT2D eigenvalue weighted by Crippen LogP contribution is -2.19. The first-order valence-corrected chi connectivity index (χ1v) is 16.0. The van der Waals surface area contributed by atoms with Gasteiger partial charge in [-0.3, -0.25) is 0 Å². The standard InChI is InChI=1S/C44H34N2/c1-3-15-39(16-4-1)45(43-29-23-33-11-7-9-13-37(33)31-43)41-25-19-35(20-26-41)36-21-27-42(28-22-36)46(40-17-5-2-6-18-40)44-30-24-34-12-8-10-14-38(34)32-44/h1-23,25-32,34H,24H2. The normalized spacial score (nSPS) is 15.2. The SMILES string of the molecule is C1=CC2=CC(N(c3ccccc3)c3ccc(-c4ccc(N(c5ccccc5)c5ccc6ccccc6c5)cc4)cc3)=CCC2C=C1. The first kappa shape index (κ1) is 27.7. The van der Waals surface area contributed by atoms with E-state index in [4.69, 9.17) is 0 Å². The highest BCUT2D eigenvalue weighted by molar-refractivity contribution is 5.89. The molecule has 0 spiro atoms. The maximum atomic E-state index is 2.37. The van der Waals surface area contributed by atoms with Gasteiger partial charge >= 0.3 is 0 Å². The molecular formula is C44H34N2. The minimum Gasteiger partial charge on any atom is -0.311 e. The summed E-state index contributed by atoms with van der Waals surface area (Å²) in [6.45, 7) is 0. The molecule has 6 aromatic rings. The Hall–Kier alpha value is -5.86. The lowest BCUT2D eigenvalue weighted by atomic mass is 9.87. The van der Waals surface area contributed by atoms with Crippen LogP contribution in [-0.2, 0) is 0 Å². The van der Waals surface area contributed by atoms with Gasteiger partial charge in [0.1, 0.15) is 0 Å². The van der Waals surface area contributed by atoms with Crippen LogP contribution in [0.2, 0.25) is 0 Å². The van der Waals surface area contributed by atoms with E-state index in [1.54, 1.807) is 0 Å². The topological polar surface area (TPSA) is 6.48 Å². The minimum atomic E-state index is 0.468. The highest BCUT2D eigenvalue weighted by Gasteiger charge is 2.21. The minimum absolute atomic E-state index is 0.468. The fourth-order valence-corrected chi connectivity index (χ4v) is 6.57. The highest BCUT2D eigenvalue weighted by atomic mass is 15.1. The lowest BCUT2D eigenvalue weighted by molar-refractivity contribution is 0.768. The number of anilines is 5. The molecule has 2 heteroatoms. The van der Waals surface area contributed by atoms with Crippen LogP contribution < -0.4 is 9.80 Å². The van der Waals surface area contributed by atoms with Crippen LogP contribution in [0.3, 0.4) is 0 Å². The molecule has 1 unspecified atom stereocenters. The van der Waals surface area contributed by atoms with E-state index in [9.17, 15) is 0 Å². The van der Waals surface area contributed by atoms with E-state index in [2.05, 4.69) is 198 Å². The van der Waals surface area contributed by atoms with Crippen molar-refractivity contribution in [2.24, 2.45) is 5.92 Å². The summed E-state index contributed by atoms with van der Waals surface area (Å²) in [5, 5.41) is 2.47. The summed E-state index contributed by atoms with van der Waals surface area (Å²) < 4.78 is 0. The maximum absolute atomic E-state index is 2.37. The smallest absolute Gasteiger partial charge is 0.0468 e. The Balaban J connectivity index is 1.11. The molecule has 0 aromatic heterocycles. The monoisotopic (exact) mass is 590 g/mol. The highest BCUT2D eigenvalue weighted by Crippen LogP contribution is 2.39. The van der Waals surface area contributed by atoms with Gasteiger partial charge in [-0.05, 0) is 101 Å². The van der Waals surface area contributed by atoms with Gasteiger partial charge in [-0.25, -0.2) is 0 Å². The molecule has 0 radical (unpaired) electrons. The van der Waals surface area contributed by atoms with Crippen LogP contribution in [0.25, 0.3) is 21.9 Å². The van der Waals surface area contributed by atoms with Gasteiger partial charge in [0.2, 0.25) is 0 Å². The Morgan fingerprint density at radius 3 is 1.67 bits per heavy atom. The van der Waals surface area contributed by atoms with Gasteiger partial charge in [0.25, 0.3) is 0 Å². The number of allylic oxidation sites excluding steroid dienone is 7. The summed E-state index contributed by atoms with van der Waals surface area (Å²) in [4.78, 5) is 4.69. The van der Waals surface area contributed by atoms with Crippen LogP contribution in [0, 0.1) is 5.92 Å². The van der Waals surface area contributed by atoms with Crippen molar-refractivity contribution in [3.8, 4) is 11.1 Å². The molecule has 220 valence electrons. The van der Waals surface area contributed by atoms with E-state index < -0.39 is 0 Å². The van der Waals surface area contributed by atoms with Gasteiger partial charge in [0.15, 0.2) is 0 Å². The van der Waals surface area contributed by atoms with Crippen molar-refractivity contribution in [3.63, 3.8) is 0 Å². The Labute approximate surface area is 271 Å². The van der Waals surface area contributed by atoms with Gasteiger partial charge in [0.05, 0.1) is 0 Å². The second-order valence-electron chi connectivity index (χ2n) is 11.8. The summed E-state index contributed by atoms with van der Waals surface area (Å²) in [6, 6.07) is 54.3. The number of benzene rings is 6. The van der Waals surface area contributed by atoms with E-state index in [0.29, 0.717) is 5.92 Å². The zero-order chi connectivity index (χ0) is 30.7. The van der Waals surface area contributed by atoms with Crippen molar-refractivity contribution in [1.29, 1.82) is 0 Å². The largest absolute Gasteiger partial charge is 0.311 e. The zero-order valence-electron chi connectivity index (χ0n) is 25.6. The molecule has 0 amide bonds. The Morgan fingerprint density at radius 1 is 0.457 bits per heavy atom. The predicted octanol–water partition coefficient (Wildman–Crippen LogP) is 12.1. The zero-order valence-corrected chi connectivity index (χ0v) is 25.6. The van der Waals surface area contributed by atoms with Crippen molar-refractivity contribution < 1.29 is 0 Å². The molecule has 2 nitrogen and oxygen atoms in total. The van der Waals surface area contributed by atoms with E-state index in [0.717, 1.165) is 34.9 Å². The van der Waals surface area contributed by atoms with Crippen molar-refractivity contribution in [2.75, 3.05) is 9.80 Å². The third-order valence-electron chi connectivity index (χ3n) is 8.93. The number of nitrogens with zero attached hydrogens (tertiary/aromatic N) is 2. The van der Waals surface area contributed by atoms with Gasteiger partial charge in [-0.1, -0.05) is 121 Å². The third kappa shape index (κ3) is 5.46. The number of hydrogen-bond acceptors (Lipinski definition) is 2. The number of hydrogen-bond donors (Lipinski definition) is 0. The van der Waals surface area contributed by atoms with Crippen LogP contribution >= 0.6 is 0 Å². The van der Waals surface area contributed by atoms with Crippen LogP contribution in [0.1, 0.15) is 6.42 Å². The molecule has 0 heterocycles. The van der Waals surface area contributed by atoms with Gasteiger partial charge < -0.3 is 9.80 Å². The number of para-hydroxylation sites is 2. The van der Waals surface area contributed by atoms with Crippen LogP contribution in [0.4, 0.5) is 28.4 Å². The van der Waals surface area contributed by atoms with Gasteiger partial charge in [-0.15, -0.1) is 0 Å². The molecule has 0 saturated heterocycles. The molecule has 2 aliphatic rings. The number of fused-ring (bicyclic) bond motifs is 2. The predicted molar refractivity (Wildman–Crippen MR) is 195 cm³/mol. The maximum Gasteiger partial charge on any atom is 0.0468 e. The fourth-order valence-electron chi connectivity index (χ4n) is 6.57. The Morgan fingerprint density at radius 2 is 1.00 bits per heavy atom. The fraction of sp³-hybridized carbons (Fsp3) is 0.0455. The first-order chi connectivity index (χ1) is 22.8. The molecule has 0 saturated carbocycles. The Bertz CT molecular complexity index is 2100. The summed E-state index contributed by atoms with van der Waals surface area (Å²) in [5.74, 6) is 0.468. The van der Waals surface area contributed by atoms with E-state index in [-0.39, 0.29) is 0 Å². The molecular weight excluding hydrogens is 556 g/mol. The molecule has 46 heavy (non-hydrogen) atoms. The quantitative estimate of drug-likeness (QED) is 0.182. The van der Waals surface area contributed by atoms with E-state index in [1.165, 1.54) is 33.2 Å². The third-order valence-corrected chi connectivity index (χ3v) is 8.93. The molecule has 8 rings (SSSR count). The second-order valence-corrected chi connectivity index (χ2v) is 11.8. The van der Waals surface area contributed by atoms with Crippen LogP contribution in [-0.4, -0.2) is 0 Å². The second kappa shape index (κ2) is 12.3. The van der Waals surface area contributed by atoms with Crippen molar-refractivity contribution in [2.45, 2.75) is 6.42 Å². The van der Waals surface area contributed by atoms with Crippen molar-refractivity contribution in [3.05, 3.63) is 199 Å². The molecule has 0 N–H and O–H groups in total. The van der Waals surface area contributed by atoms with Crippen LogP contribution in [0.5, 0.6) is 0 Å².